The average molecular weight is 1500 g/mol. The summed E-state index contributed by atoms with van der Waals surface area (Å²) in [5.41, 5.74) is 8.12. The lowest BCUT2D eigenvalue weighted by atomic mass is 10.0. The summed E-state index contributed by atoms with van der Waals surface area (Å²) in [6.45, 7) is 10.2. The van der Waals surface area contributed by atoms with Gasteiger partial charge in [0.15, 0.2) is 11.5 Å². The van der Waals surface area contributed by atoms with Crippen LogP contribution in [-0.2, 0) is 103 Å². The lowest BCUT2D eigenvalue weighted by molar-refractivity contribution is -0.151. The Kier molecular flexibility index (Phi) is 35.6. The summed E-state index contributed by atoms with van der Waals surface area (Å²) in [4.78, 5) is 105. The van der Waals surface area contributed by atoms with Crippen molar-refractivity contribution in [3.05, 3.63) is 239 Å². The molecule has 4 atom stereocenters. The van der Waals surface area contributed by atoms with Crippen molar-refractivity contribution in [1.29, 1.82) is 0 Å². The summed E-state index contributed by atoms with van der Waals surface area (Å²) in [5.74, 6) is 0.276. The highest BCUT2D eigenvalue weighted by Gasteiger charge is 2.39. The van der Waals surface area contributed by atoms with E-state index < -0.39 is 48.5 Å². The number of methoxy groups -OCH3 is 2. The molecule has 7 aromatic rings. The van der Waals surface area contributed by atoms with E-state index in [9.17, 15) is 38.4 Å². The molecule has 0 N–H and O–H groups in total. The third-order valence-corrected chi connectivity index (χ3v) is 18.7. The summed E-state index contributed by atoms with van der Waals surface area (Å²) < 4.78 is 53.9. The second kappa shape index (κ2) is 46.3. The van der Waals surface area contributed by atoms with Crippen LogP contribution in [0.1, 0.15) is 135 Å². The number of likely N-dealkylation sites (tertiary alicyclic amines) is 4. The molecule has 4 aliphatic rings. The lowest BCUT2D eigenvalue weighted by Gasteiger charge is -2.33. The van der Waals surface area contributed by atoms with Crippen LogP contribution in [0, 0.1) is 12.8 Å². The van der Waals surface area contributed by atoms with E-state index in [0.717, 1.165) is 102 Å². The van der Waals surface area contributed by atoms with Crippen LogP contribution in [0.5, 0.6) is 11.5 Å². The Morgan fingerprint density at radius 1 is 0.339 bits per heavy atom. The highest BCUT2D eigenvalue weighted by Crippen LogP contribution is 2.33. The van der Waals surface area contributed by atoms with Gasteiger partial charge in [-0.05, 0) is 153 Å². The molecule has 4 aliphatic heterocycles. The molecule has 11 rings (SSSR count). The van der Waals surface area contributed by atoms with E-state index in [1.807, 2.05) is 197 Å². The zero-order valence-electron chi connectivity index (χ0n) is 63.6. The molecule has 4 heterocycles. The normalized spacial score (nSPS) is 16.4. The predicted molar refractivity (Wildman–Crippen MR) is 411 cm³/mol. The molecule has 0 spiro atoms. The summed E-state index contributed by atoms with van der Waals surface area (Å²) in [5, 5.41) is 0. The number of carbonyl (C=O) groups is 8. The van der Waals surface area contributed by atoms with Gasteiger partial charge in [-0.15, -0.1) is 0 Å². The number of amides is 4. The van der Waals surface area contributed by atoms with Gasteiger partial charge in [0.25, 0.3) is 0 Å². The molecule has 582 valence electrons. The van der Waals surface area contributed by atoms with E-state index >= 15 is 0 Å². The Bertz CT molecular complexity index is 3830. The fourth-order valence-corrected chi connectivity index (χ4v) is 12.9. The summed E-state index contributed by atoms with van der Waals surface area (Å²) in [6.07, 6.45) is 9.49. The Labute approximate surface area is 641 Å². The zero-order chi connectivity index (χ0) is 77.4. The van der Waals surface area contributed by atoms with Crippen molar-refractivity contribution in [3.8, 4) is 11.5 Å². The molecule has 0 bridgehead atoms. The number of esters is 4. The molecule has 109 heavy (non-hydrogen) atoms. The predicted octanol–water partition coefficient (Wildman–Crippen LogP) is 15.6. The SMILES string of the molecule is COc1cc(CCCOC(=O)C2CCCCN2C(=O)OCC(C)C)cc(C)c1OC.O=C(OCCCc1ccccc1)C1CCCCN1C(=O)OCc1ccccc1.O=C(OCCc1ccccc1)C1CCCN1C(=O)OCc1ccccc1.O=C(OCc1ccccc1)C1CCCN1C(=O)OCc1ccccc1. The standard InChI is InChI=1S/C23H35NO6.C23H27NO4.C21H23NO4.C20H21NO4/c1-16(2)15-30-23(26)24-11-7-6-10-19(24)22(25)29-12-8-9-18-13-17(3)21(28-5)20(14-18)27-4;25-22(27-17-9-14-19-10-3-1-4-11-19)21-15-7-8-16-24(21)23(26)28-18-20-12-5-2-6-13-20;23-20(25-15-13-17-8-3-1-4-9-17)19-12-7-14-22(19)21(24)26-16-18-10-5-2-6-11-18;22-19(24-14-16-8-3-1-4-9-16)18-12-7-13-21(18)20(23)25-15-17-10-5-2-6-11-17/h13-14,16,19H,6-12,15H2,1-5H3;1-6,10-13,21H,7-9,14-18H2;1-6,8-11,19H,7,12-16H2;1-6,8-11,18H,7,12-15H2. The first-order chi connectivity index (χ1) is 53.1. The molecule has 7 aromatic carbocycles. The highest BCUT2D eigenvalue weighted by atomic mass is 16.6. The smallest absolute Gasteiger partial charge is 0.410 e. The molecule has 0 aliphatic carbocycles. The van der Waals surface area contributed by atoms with Crippen molar-refractivity contribution in [2.24, 2.45) is 5.92 Å². The number of nitrogens with zero attached hydrogens (tertiary/aromatic N) is 4. The van der Waals surface area contributed by atoms with Gasteiger partial charge >= 0.3 is 48.3 Å². The van der Waals surface area contributed by atoms with Gasteiger partial charge in [0.1, 0.15) is 50.6 Å². The molecule has 0 aromatic heterocycles. The van der Waals surface area contributed by atoms with Gasteiger partial charge in [-0.25, -0.2) is 38.4 Å². The van der Waals surface area contributed by atoms with Gasteiger partial charge in [0, 0.05) is 32.6 Å². The average Bonchev–Trinajstić information content (AvgIpc) is 1.53. The molecule has 4 fully saturated rings. The van der Waals surface area contributed by atoms with Gasteiger partial charge in [0.2, 0.25) is 0 Å². The van der Waals surface area contributed by atoms with Crippen molar-refractivity contribution in [2.75, 3.05) is 66.8 Å². The quantitative estimate of drug-likeness (QED) is 0.0264. The molecule has 4 saturated heterocycles. The first-order valence-corrected chi connectivity index (χ1v) is 37.9. The number of ether oxygens (including phenoxy) is 10. The maximum Gasteiger partial charge on any atom is 0.410 e. The second-order valence-corrected chi connectivity index (χ2v) is 27.4. The monoisotopic (exact) mass is 1490 g/mol. The fraction of sp³-hybridized carbons (Fsp3) is 0.425. The maximum atomic E-state index is 12.6. The van der Waals surface area contributed by atoms with E-state index in [-0.39, 0.29) is 56.2 Å². The van der Waals surface area contributed by atoms with Crippen molar-refractivity contribution < 1.29 is 85.7 Å². The minimum absolute atomic E-state index is 0.196. The summed E-state index contributed by atoms with van der Waals surface area (Å²) in [7, 11) is 3.24. The summed E-state index contributed by atoms with van der Waals surface area (Å²) >= 11 is 0. The van der Waals surface area contributed by atoms with Gasteiger partial charge in [0.05, 0.1) is 40.6 Å². The number of carbonyl (C=O) groups excluding carboxylic acids is 8. The van der Waals surface area contributed by atoms with Crippen molar-refractivity contribution >= 4 is 48.3 Å². The number of benzene rings is 7. The largest absolute Gasteiger partial charge is 0.493 e. The second-order valence-electron chi connectivity index (χ2n) is 27.4. The number of hydrogen-bond donors (Lipinski definition) is 0. The van der Waals surface area contributed by atoms with Crippen molar-refractivity contribution in [3.63, 3.8) is 0 Å². The van der Waals surface area contributed by atoms with Crippen LogP contribution in [0.15, 0.2) is 194 Å². The van der Waals surface area contributed by atoms with E-state index in [1.54, 1.807) is 14.2 Å². The Morgan fingerprint density at radius 2 is 0.651 bits per heavy atom. The number of rotatable bonds is 27. The van der Waals surface area contributed by atoms with Crippen LogP contribution in [0.25, 0.3) is 0 Å². The zero-order valence-corrected chi connectivity index (χ0v) is 63.6. The van der Waals surface area contributed by atoms with E-state index in [0.29, 0.717) is 96.9 Å². The van der Waals surface area contributed by atoms with Crippen LogP contribution < -0.4 is 9.47 Å². The van der Waals surface area contributed by atoms with Crippen LogP contribution in [0.3, 0.4) is 0 Å². The Hall–Kier alpha value is -10.9. The minimum atomic E-state index is -0.563. The van der Waals surface area contributed by atoms with Crippen LogP contribution in [-0.4, -0.2) is 159 Å². The molecule has 0 radical (unpaired) electrons. The molecular weight excluding hydrogens is 1390 g/mol. The third-order valence-electron chi connectivity index (χ3n) is 18.7. The van der Waals surface area contributed by atoms with Gasteiger partial charge in [-0.2, -0.15) is 0 Å². The van der Waals surface area contributed by atoms with Crippen molar-refractivity contribution in [1.82, 2.24) is 19.6 Å². The van der Waals surface area contributed by atoms with Gasteiger partial charge in [-0.1, -0.05) is 202 Å². The molecule has 4 amide bonds. The number of aryl methyl sites for hydroxylation is 3. The summed E-state index contributed by atoms with van der Waals surface area (Å²) in [6, 6.07) is 59.7. The van der Waals surface area contributed by atoms with Gasteiger partial charge < -0.3 is 47.4 Å². The fourth-order valence-electron chi connectivity index (χ4n) is 12.9. The third kappa shape index (κ3) is 28.3. The van der Waals surface area contributed by atoms with Crippen LogP contribution >= 0.6 is 0 Å². The maximum absolute atomic E-state index is 12.6. The highest BCUT2D eigenvalue weighted by molar-refractivity contribution is 5.84. The number of piperidine rings is 2. The van der Waals surface area contributed by atoms with E-state index in [2.05, 4.69) is 18.2 Å². The molecule has 4 unspecified atom stereocenters. The van der Waals surface area contributed by atoms with Crippen molar-refractivity contribution in [2.45, 2.75) is 168 Å². The first kappa shape index (κ1) is 83.7. The van der Waals surface area contributed by atoms with E-state index in [4.69, 9.17) is 47.4 Å². The Balaban J connectivity index is 0.000000183. The first-order valence-electron chi connectivity index (χ1n) is 37.9. The molecule has 22 heteroatoms. The van der Waals surface area contributed by atoms with Gasteiger partial charge in [-0.3, -0.25) is 19.6 Å². The molecule has 0 saturated carbocycles. The molecular formula is C87H106N4O18. The number of hydrogen-bond acceptors (Lipinski definition) is 18. The topological polar surface area (TPSA) is 242 Å². The van der Waals surface area contributed by atoms with Crippen LogP contribution in [0.4, 0.5) is 19.2 Å². The Morgan fingerprint density at radius 3 is 1.02 bits per heavy atom. The van der Waals surface area contributed by atoms with Crippen LogP contribution in [0.2, 0.25) is 0 Å². The lowest BCUT2D eigenvalue weighted by Crippen LogP contribution is -2.49. The minimum Gasteiger partial charge on any atom is -0.493 e. The molecule has 22 nitrogen and oxygen atoms in total. The van der Waals surface area contributed by atoms with E-state index in [1.165, 1.54) is 25.2 Å².